The molecule has 4 unspecified atom stereocenters. The summed E-state index contributed by atoms with van der Waals surface area (Å²) in [6, 6.07) is 18.0. The molecule has 6 nitrogen and oxygen atoms in total. The molecule has 2 aromatic carbocycles. The molecule has 0 aromatic heterocycles. The highest BCUT2D eigenvalue weighted by atomic mass is 32.2. The van der Waals surface area contributed by atoms with E-state index in [1.165, 1.54) is 9.87 Å². The van der Waals surface area contributed by atoms with E-state index in [9.17, 15) is 18.3 Å². The fourth-order valence-electron chi connectivity index (χ4n) is 7.71. The van der Waals surface area contributed by atoms with Crippen LogP contribution in [0.25, 0.3) is 0 Å². The molecule has 5 aliphatic rings. The Kier molecular flexibility index (Phi) is 4.60. The third-order valence-electron chi connectivity index (χ3n) is 8.80. The minimum Gasteiger partial charge on any atom is -0.465 e. The first kappa shape index (κ1) is 21.0. The second kappa shape index (κ2) is 7.23. The van der Waals surface area contributed by atoms with Crippen molar-refractivity contribution in [3.63, 3.8) is 0 Å². The van der Waals surface area contributed by atoms with Crippen LogP contribution in [0.1, 0.15) is 49.7 Å². The number of rotatable bonds is 5. The molecule has 7 heteroatoms. The van der Waals surface area contributed by atoms with Gasteiger partial charge >= 0.3 is 6.09 Å². The van der Waals surface area contributed by atoms with Gasteiger partial charge in [-0.15, -0.1) is 0 Å². The lowest BCUT2D eigenvalue weighted by atomic mass is 9.65. The van der Waals surface area contributed by atoms with Crippen LogP contribution in [0.15, 0.2) is 54.6 Å². The first-order chi connectivity index (χ1) is 15.8. The number of carboxylic acid groups (broad SMARTS) is 1. The molecule has 1 N–H and O–H groups in total. The summed E-state index contributed by atoms with van der Waals surface area (Å²) in [5.41, 5.74) is 2.70. The quantitative estimate of drug-likeness (QED) is 0.698. The molecule has 174 valence electrons. The Labute approximate surface area is 195 Å². The lowest BCUT2D eigenvalue weighted by Crippen LogP contribution is -2.53. The molecule has 5 fully saturated rings. The molecule has 1 saturated heterocycles. The van der Waals surface area contributed by atoms with E-state index >= 15 is 0 Å². The Balaban J connectivity index is 1.31. The highest BCUT2D eigenvalue weighted by molar-refractivity contribution is 7.93. The largest absolute Gasteiger partial charge is 0.465 e. The number of nitrogens with zero attached hydrogens (tertiary/aromatic N) is 2. The average molecular weight is 467 g/mol. The first-order valence-corrected chi connectivity index (χ1v) is 13.6. The van der Waals surface area contributed by atoms with Crippen molar-refractivity contribution in [2.24, 2.45) is 11.8 Å². The zero-order chi connectivity index (χ0) is 22.8. The van der Waals surface area contributed by atoms with E-state index in [1.54, 1.807) is 4.90 Å². The fourth-order valence-corrected chi connectivity index (χ4v) is 9.28. The van der Waals surface area contributed by atoms with Crippen molar-refractivity contribution < 1.29 is 18.3 Å². The molecule has 4 saturated carbocycles. The third-order valence-corrected chi connectivity index (χ3v) is 10.7. The SMILES string of the molecule is O=C(O)N(Cc1ccccc1)C12CC3CC1CC(c1ccc(N4CCCS4(=O)=O)cc1)(C3)C2. The molecule has 2 aromatic rings. The van der Waals surface area contributed by atoms with Crippen LogP contribution in [0, 0.1) is 11.8 Å². The molecule has 0 spiro atoms. The van der Waals surface area contributed by atoms with E-state index in [-0.39, 0.29) is 16.7 Å². The Bertz CT molecular complexity index is 1180. The van der Waals surface area contributed by atoms with Crippen molar-refractivity contribution in [2.45, 2.75) is 56.0 Å². The van der Waals surface area contributed by atoms with Crippen LogP contribution in [0.3, 0.4) is 0 Å². The summed E-state index contributed by atoms with van der Waals surface area (Å²) in [5.74, 6) is 1.15. The monoisotopic (exact) mass is 466 g/mol. The van der Waals surface area contributed by atoms with Crippen molar-refractivity contribution in [1.29, 1.82) is 0 Å². The molecule has 1 heterocycles. The van der Waals surface area contributed by atoms with Gasteiger partial charge in [0, 0.05) is 13.1 Å². The van der Waals surface area contributed by atoms with Gasteiger partial charge in [-0.25, -0.2) is 13.2 Å². The van der Waals surface area contributed by atoms with Gasteiger partial charge in [-0.05, 0) is 79.0 Å². The Morgan fingerprint density at radius 2 is 1.82 bits per heavy atom. The molecule has 1 aliphatic heterocycles. The lowest BCUT2D eigenvalue weighted by Gasteiger charge is -2.45. The van der Waals surface area contributed by atoms with Crippen molar-refractivity contribution in [3.05, 3.63) is 65.7 Å². The first-order valence-electron chi connectivity index (χ1n) is 12.0. The fraction of sp³-hybridized carbons (Fsp3) is 0.500. The maximum absolute atomic E-state index is 12.5. The molecular weight excluding hydrogens is 436 g/mol. The minimum absolute atomic E-state index is 0.0152. The number of sulfonamides is 1. The van der Waals surface area contributed by atoms with Crippen LogP contribution in [0.2, 0.25) is 0 Å². The van der Waals surface area contributed by atoms with Crippen molar-refractivity contribution in [1.82, 2.24) is 4.90 Å². The average Bonchev–Trinajstić information content (AvgIpc) is 3.36. The second-order valence-electron chi connectivity index (χ2n) is 10.6. The van der Waals surface area contributed by atoms with Gasteiger partial charge in [-0.1, -0.05) is 42.5 Å². The van der Waals surface area contributed by atoms with Crippen LogP contribution < -0.4 is 4.31 Å². The van der Waals surface area contributed by atoms with Gasteiger partial charge in [-0.2, -0.15) is 0 Å². The predicted molar refractivity (Wildman–Crippen MR) is 127 cm³/mol. The van der Waals surface area contributed by atoms with Crippen molar-refractivity contribution in [2.75, 3.05) is 16.6 Å². The van der Waals surface area contributed by atoms with Crippen LogP contribution >= 0.6 is 0 Å². The zero-order valence-electron chi connectivity index (χ0n) is 18.7. The normalized spacial score (nSPS) is 33.5. The highest BCUT2D eigenvalue weighted by Gasteiger charge is 2.67. The van der Waals surface area contributed by atoms with Gasteiger partial charge in [0.15, 0.2) is 0 Å². The van der Waals surface area contributed by atoms with E-state index in [4.69, 9.17) is 0 Å². The second-order valence-corrected chi connectivity index (χ2v) is 12.6. The van der Waals surface area contributed by atoms with Crippen LogP contribution in [0.5, 0.6) is 0 Å². The number of hydrogen-bond acceptors (Lipinski definition) is 3. The van der Waals surface area contributed by atoms with E-state index in [2.05, 4.69) is 12.1 Å². The van der Waals surface area contributed by atoms with Gasteiger partial charge in [0.1, 0.15) is 0 Å². The van der Waals surface area contributed by atoms with Crippen molar-refractivity contribution in [3.8, 4) is 0 Å². The number of anilines is 1. The third kappa shape index (κ3) is 3.19. The summed E-state index contributed by atoms with van der Waals surface area (Å²) in [7, 11) is -3.19. The topological polar surface area (TPSA) is 77.9 Å². The Morgan fingerprint density at radius 3 is 2.48 bits per heavy atom. The van der Waals surface area contributed by atoms with Crippen LogP contribution in [0.4, 0.5) is 10.5 Å². The number of benzene rings is 2. The molecule has 33 heavy (non-hydrogen) atoms. The summed E-state index contributed by atoms with van der Waals surface area (Å²) in [6.45, 7) is 0.981. The predicted octanol–water partition coefficient (Wildman–Crippen LogP) is 4.61. The van der Waals surface area contributed by atoms with Gasteiger partial charge in [-0.3, -0.25) is 9.21 Å². The van der Waals surface area contributed by atoms with Gasteiger partial charge in [0.05, 0.1) is 17.0 Å². The molecular formula is C26H30N2O4S. The maximum Gasteiger partial charge on any atom is 0.408 e. The van der Waals surface area contributed by atoms with E-state index < -0.39 is 16.1 Å². The molecule has 1 amide bonds. The Hall–Kier alpha value is -2.54. The molecule has 4 atom stereocenters. The van der Waals surface area contributed by atoms with E-state index in [1.807, 2.05) is 42.5 Å². The van der Waals surface area contributed by atoms with Crippen LogP contribution in [-0.2, 0) is 22.0 Å². The number of carbonyl (C=O) groups is 1. The standard InChI is InChI=1S/C26H30N2O4S/c29-24(30)27(17-19-5-2-1-3-6-19)26-15-20-13-22(26)16-25(14-20,18-26)21-7-9-23(10-8-21)28-11-4-12-33(28,31)32/h1-3,5-10,20,22H,4,11-18H2,(H,29,30). The lowest BCUT2D eigenvalue weighted by molar-refractivity contribution is 0.0452. The van der Waals surface area contributed by atoms with Crippen molar-refractivity contribution >= 4 is 21.8 Å². The van der Waals surface area contributed by atoms with Gasteiger partial charge in [0.25, 0.3) is 0 Å². The summed E-state index contributed by atoms with van der Waals surface area (Å²) in [4.78, 5) is 14.3. The molecule has 7 rings (SSSR count). The number of amides is 1. The molecule has 4 bridgehead atoms. The van der Waals surface area contributed by atoms with Crippen LogP contribution in [-0.4, -0.2) is 42.4 Å². The summed E-state index contributed by atoms with van der Waals surface area (Å²) >= 11 is 0. The highest BCUT2D eigenvalue weighted by Crippen LogP contribution is 2.68. The Morgan fingerprint density at radius 1 is 1.06 bits per heavy atom. The summed E-state index contributed by atoms with van der Waals surface area (Å²) in [5, 5.41) is 10.3. The van der Waals surface area contributed by atoms with E-state index in [0.717, 1.165) is 43.4 Å². The minimum atomic E-state index is -3.19. The summed E-state index contributed by atoms with van der Waals surface area (Å²) < 4.78 is 26.2. The maximum atomic E-state index is 12.5. The summed E-state index contributed by atoms with van der Waals surface area (Å²) in [6.07, 6.45) is 4.91. The molecule has 4 aliphatic carbocycles. The smallest absolute Gasteiger partial charge is 0.408 e. The molecule has 0 radical (unpaired) electrons. The van der Waals surface area contributed by atoms with E-state index in [0.29, 0.717) is 31.3 Å². The number of hydrogen-bond donors (Lipinski definition) is 1. The zero-order valence-corrected chi connectivity index (χ0v) is 19.5. The van der Waals surface area contributed by atoms with Gasteiger partial charge in [0.2, 0.25) is 10.0 Å². The van der Waals surface area contributed by atoms with Gasteiger partial charge < -0.3 is 5.11 Å².